The van der Waals surface area contributed by atoms with Crippen molar-refractivity contribution in [1.82, 2.24) is 19.5 Å². The van der Waals surface area contributed by atoms with Crippen LogP contribution in [0.5, 0.6) is 0 Å². The minimum atomic E-state index is -0.303. The lowest BCUT2D eigenvalue weighted by Gasteiger charge is -2.27. The molecule has 2 aromatic carbocycles. The van der Waals surface area contributed by atoms with Crippen molar-refractivity contribution in [3.63, 3.8) is 0 Å². The Hall–Kier alpha value is -3.87. The van der Waals surface area contributed by atoms with Gasteiger partial charge in [0.2, 0.25) is 0 Å². The van der Waals surface area contributed by atoms with Crippen LogP contribution < -0.4 is 0 Å². The van der Waals surface area contributed by atoms with Gasteiger partial charge in [0.25, 0.3) is 0 Å². The first-order valence-corrected chi connectivity index (χ1v) is 11.5. The summed E-state index contributed by atoms with van der Waals surface area (Å²) < 4.78 is 21.4. The molecule has 1 saturated heterocycles. The fourth-order valence-electron chi connectivity index (χ4n) is 4.53. The lowest BCUT2D eigenvalue weighted by atomic mass is 9.95. The Balaban J connectivity index is 1.63. The molecular weight excluding hydrogens is 431 g/mol. The lowest BCUT2D eigenvalue weighted by Crippen LogP contribution is -2.29. The maximum Gasteiger partial charge on any atom is 0.306 e. The zero-order valence-corrected chi connectivity index (χ0v) is 18.9. The molecule has 2 atom stereocenters. The van der Waals surface area contributed by atoms with Gasteiger partial charge in [-0.15, -0.1) is 0 Å². The Morgan fingerprint density at radius 3 is 2.56 bits per heavy atom. The van der Waals surface area contributed by atoms with Gasteiger partial charge < -0.3 is 9.30 Å². The average Bonchev–Trinajstić information content (AvgIpc) is 3.23. The number of carbonyl (C=O) groups excluding carboxylic acids is 1. The van der Waals surface area contributed by atoms with Crippen molar-refractivity contribution in [3.8, 4) is 34.0 Å². The van der Waals surface area contributed by atoms with Crippen LogP contribution in [0, 0.1) is 11.7 Å². The van der Waals surface area contributed by atoms with Gasteiger partial charge in [0.05, 0.1) is 17.1 Å². The number of ether oxygens (including phenoxy) is 1. The van der Waals surface area contributed by atoms with Crippen molar-refractivity contribution in [1.29, 1.82) is 0 Å². The van der Waals surface area contributed by atoms with Gasteiger partial charge in [-0.2, -0.15) is 0 Å². The van der Waals surface area contributed by atoms with Gasteiger partial charge in [0, 0.05) is 36.7 Å². The molecule has 0 N–H and O–H groups in total. The molecule has 0 spiro atoms. The minimum Gasteiger partial charge on any atom is -0.462 e. The number of carbonyl (C=O) groups is 1. The SMILES string of the molecule is C[C@H]1CC(=O)O[C@H](CCn2c(-c3ccccc3)nc(-c3ccc(F)cc3)c2-c2ccncn2)C1. The smallest absolute Gasteiger partial charge is 0.306 e. The van der Waals surface area contributed by atoms with Gasteiger partial charge in [-0.3, -0.25) is 4.79 Å². The number of hydrogen-bond acceptors (Lipinski definition) is 5. The van der Waals surface area contributed by atoms with Crippen LogP contribution in [-0.4, -0.2) is 31.6 Å². The van der Waals surface area contributed by atoms with E-state index in [9.17, 15) is 9.18 Å². The van der Waals surface area contributed by atoms with Crippen LogP contribution in [0.2, 0.25) is 0 Å². The first-order chi connectivity index (χ1) is 16.6. The highest BCUT2D eigenvalue weighted by Crippen LogP contribution is 2.36. The molecule has 0 bridgehead atoms. The van der Waals surface area contributed by atoms with E-state index >= 15 is 0 Å². The van der Waals surface area contributed by atoms with E-state index in [1.165, 1.54) is 18.5 Å². The summed E-state index contributed by atoms with van der Waals surface area (Å²) >= 11 is 0. The van der Waals surface area contributed by atoms with Crippen molar-refractivity contribution in [2.75, 3.05) is 0 Å². The molecule has 1 fully saturated rings. The normalized spacial score (nSPS) is 18.0. The maximum absolute atomic E-state index is 13.7. The highest BCUT2D eigenvalue weighted by molar-refractivity contribution is 5.80. The Kier molecular flexibility index (Phi) is 6.16. The predicted octanol–water partition coefficient (Wildman–Crippen LogP) is 5.55. The average molecular weight is 457 g/mol. The summed E-state index contributed by atoms with van der Waals surface area (Å²) in [5.74, 6) is 0.645. The van der Waals surface area contributed by atoms with Crippen molar-refractivity contribution < 1.29 is 13.9 Å². The summed E-state index contributed by atoms with van der Waals surface area (Å²) in [6.07, 6.45) is 5.03. The molecule has 34 heavy (non-hydrogen) atoms. The van der Waals surface area contributed by atoms with E-state index in [-0.39, 0.29) is 17.9 Å². The summed E-state index contributed by atoms with van der Waals surface area (Å²) in [6.45, 7) is 2.67. The molecule has 4 aromatic rings. The third-order valence-electron chi connectivity index (χ3n) is 6.10. The molecule has 0 radical (unpaired) electrons. The van der Waals surface area contributed by atoms with E-state index in [0.29, 0.717) is 31.0 Å². The zero-order valence-electron chi connectivity index (χ0n) is 18.9. The van der Waals surface area contributed by atoms with Crippen LogP contribution in [0.4, 0.5) is 4.39 Å². The second-order valence-electron chi connectivity index (χ2n) is 8.70. The Bertz CT molecular complexity index is 1270. The summed E-state index contributed by atoms with van der Waals surface area (Å²) in [5.41, 5.74) is 4.01. The zero-order chi connectivity index (χ0) is 23.5. The molecule has 1 aliphatic rings. The number of rotatable bonds is 6. The Labute approximate surface area is 197 Å². The highest BCUT2D eigenvalue weighted by Gasteiger charge is 2.27. The first-order valence-electron chi connectivity index (χ1n) is 11.5. The van der Waals surface area contributed by atoms with Crippen molar-refractivity contribution in [3.05, 3.63) is 79.0 Å². The van der Waals surface area contributed by atoms with Crippen LogP contribution in [0.15, 0.2) is 73.2 Å². The van der Waals surface area contributed by atoms with Gasteiger partial charge in [0.1, 0.15) is 24.1 Å². The molecule has 0 amide bonds. The van der Waals surface area contributed by atoms with Crippen LogP contribution in [-0.2, 0) is 16.1 Å². The largest absolute Gasteiger partial charge is 0.462 e. The number of imidazole rings is 1. The second kappa shape index (κ2) is 9.55. The van der Waals surface area contributed by atoms with Crippen molar-refractivity contribution in [2.24, 2.45) is 5.92 Å². The first kappa shape index (κ1) is 21.9. The molecule has 2 aromatic heterocycles. The van der Waals surface area contributed by atoms with E-state index in [4.69, 9.17) is 9.72 Å². The molecule has 172 valence electrons. The van der Waals surface area contributed by atoms with Crippen LogP contribution in [0.25, 0.3) is 34.0 Å². The molecule has 6 nitrogen and oxygen atoms in total. The highest BCUT2D eigenvalue weighted by atomic mass is 19.1. The van der Waals surface area contributed by atoms with Crippen LogP contribution >= 0.6 is 0 Å². The predicted molar refractivity (Wildman–Crippen MR) is 127 cm³/mol. The van der Waals surface area contributed by atoms with Gasteiger partial charge in [-0.05, 0) is 42.7 Å². The number of esters is 1. The van der Waals surface area contributed by atoms with E-state index < -0.39 is 0 Å². The molecule has 7 heteroatoms. The van der Waals surface area contributed by atoms with Crippen molar-refractivity contribution in [2.45, 2.75) is 38.8 Å². The topological polar surface area (TPSA) is 69.9 Å². The van der Waals surface area contributed by atoms with Gasteiger partial charge >= 0.3 is 5.97 Å². The standard InChI is InChI=1S/C27H25FN4O2/c1-18-15-22(34-24(33)16-18)12-14-32-26(23-11-13-29-17-30-23)25(19-7-9-21(28)10-8-19)31-27(32)20-5-3-2-4-6-20/h2-11,13,17-18,22H,12,14-16H2,1H3/t18-,22-/m1/s1. The number of cyclic esters (lactones) is 1. The monoisotopic (exact) mass is 456 g/mol. The van der Waals surface area contributed by atoms with Crippen LogP contribution in [0.1, 0.15) is 26.2 Å². The molecule has 0 aliphatic carbocycles. The van der Waals surface area contributed by atoms with Gasteiger partial charge in [0.15, 0.2) is 0 Å². The fourth-order valence-corrected chi connectivity index (χ4v) is 4.53. The molecule has 5 rings (SSSR count). The van der Waals surface area contributed by atoms with Gasteiger partial charge in [-0.1, -0.05) is 37.3 Å². The third kappa shape index (κ3) is 4.59. The Morgan fingerprint density at radius 2 is 1.85 bits per heavy atom. The minimum absolute atomic E-state index is 0.138. The lowest BCUT2D eigenvalue weighted by molar-refractivity contribution is -0.156. The third-order valence-corrected chi connectivity index (χ3v) is 6.10. The number of benzene rings is 2. The maximum atomic E-state index is 13.7. The molecular formula is C27H25FN4O2. The summed E-state index contributed by atoms with van der Waals surface area (Å²) in [5, 5.41) is 0. The number of halogens is 1. The van der Waals surface area contributed by atoms with Crippen molar-refractivity contribution >= 4 is 5.97 Å². The summed E-state index contributed by atoms with van der Waals surface area (Å²) in [6, 6.07) is 18.1. The van der Waals surface area contributed by atoms with Gasteiger partial charge in [-0.25, -0.2) is 19.3 Å². The molecule has 0 unspecified atom stereocenters. The number of aromatic nitrogens is 4. The second-order valence-corrected chi connectivity index (χ2v) is 8.70. The summed E-state index contributed by atoms with van der Waals surface area (Å²) in [7, 11) is 0. The van der Waals surface area contributed by atoms with E-state index in [1.54, 1.807) is 18.3 Å². The molecule has 0 saturated carbocycles. The van der Waals surface area contributed by atoms with E-state index in [0.717, 1.165) is 34.8 Å². The number of hydrogen-bond donors (Lipinski definition) is 0. The number of nitrogens with zero attached hydrogens (tertiary/aromatic N) is 4. The molecule has 3 heterocycles. The molecule has 1 aliphatic heterocycles. The fraction of sp³-hybridized carbons (Fsp3) is 0.259. The Morgan fingerprint density at radius 1 is 1.06 bits per heavy atom. The van der Waals surface area contributed by atoms with E-state index in [2.05, 4.69) is 21.5 Å². The van der Waals surface area contributed by atoms with E-state index in [1.807, 2.05) is 36.4 Å². The summed E-state index contributed by atoms with van der Waals surface area (Å²) in [4.78, 5) is 25.6. The quantitative estimate of drug-likeness (QED) is 0.356. The van der Waals surface area contributed by atoms with Crippen LogP contribution in [0.3, 0.4) is 0 Å².